The second kappa shape index (κ2) is 5.32. The van der Waals surface area contributed by atoms with E-state index in [1.165, 1.54) is 16.8 Å². The number of halogens is 1. The fourth-order valence-corrected chi connectivity index (χ4v) is 3.39. The lowest BCUT2D eigenvalue weighted by Crippen LogP contribution is -2.38. The molecule has 1 aromatic rings. The second-order valence-electron chi connectivity index (χ2n) is 5.07. The van der Waals surface area contributed by atoms with Crippen molar-refractivity contribution in [2.45, 2.75) is 17.7 Å². The number of amides is 1. The maximum absolute atomic E-state index is 12.2. The number of carbonyl (C=O) groups is 1. The molecule has 1 aromatic heterocycles. The normalized spacial score (nSPS) is 21.8. The summed E-state index contributed by atoms with van der Waals surface area (Å²) < 4.78 is 1.50. The zero-order valence-electron chi connectivity index (χ0n) is 10.9. The van der Waals surface area contributed by atoms with Crippen molar-refractivity contribution >= 4 is 27.5 Å². The number of carbonyl (C=O) groups excluding carboxylic acids is 1. The van der Waals surface area contributed by atoms with E-state index < -0.39 is 4.92 Å². The predicted molar refractivity (Wildman–Crippen MR) is 74.5 cm³/mol. The van der Waals surface area contributed by atoms with Crippen LogP contribution in [0.15, 0.2) is 12.3 Å². The molecule has 0 radical (unpaired) electrons. The molecule has 1 saturated carbocycles. The number of aryl methyl sites for hydroxylation is 1. The first-order valence-electron chi connectivity index (χ1n) is 6.08. The molecular weight excluding hydrogens is 314 g/mol. The van der Waals surface area contributed by atoms with Gasteiger partial charge in [0.1, 0.15) is 5.69 Å². The SMILES string of the molecule is CN(CC1CC(Br)C1)C(=O)c1cc([N+](=O)[O-])cn1C. The molecule has 1 aliphatic carbocycles. The molecule has 1 fully saturated rings. The second-order valence-corrected chi connectivity index (χ2v) is 6.37. The minimum Gasteiger partial charge on any atom is -0.340 e. The highest BCUT2D eigenvalue weighted by atomic mass is 79.9. The van der Waals surface area contributed by atoms with Gasteiger partial charge in [-0.05, 0) is 18.8 Å². The monoisotopic (exact) mass is 329 g/mol. The van der Waals surface area contributed by atoms with Crippen LogP contribution in [0.2, 0.25) is 0 Å². The molecule has 0 N–H and O–H groups in total. The Morgan fingerprint density at radius 1 is 1.63 bits per heavy atom. The van der Waals surface area contributed by atoms with Crippen LogP contribution in [0.4, 0.5) is 5.69 Å². The number of rotatable bonds is 4. The van der Waals surface area contributed by atoms with Crippen molar-refractivity contribution in [1.82, 2.24) is 9.47 Å². The van der Waals surface area contributed by atoms with Crippen LogP contribution in [0.3, 0.4) is 0 Å². The molecule has 1 heterocycles. The predicted octanol–water partition coefficient (Wildman–Crippen LogP) is 2.18. The molecule has 0 spiro atoms. The Kier molecular flexibility index (Phi) is 3.93. The first kappa shape index (κ1) is 14.0. The maximum Gasteiger partial charge on any atom is 0.287 e. The molecule has 0 aliphatic heterocycles. The average molecular weight is 330 g/mol. The Bertz CT molecular complexity index is 508. The number of hydrogen-bond acceptors (Lipinski definition) is 3. The van der Waals surface area contributed by atoms with E-state index in [-0.39, 0.29) is 11.6 Å². The van der Waals surface area contributed by atoms with Crippen molar-refractivity contribution in [2.24, 2.45) is 13.0 Å². The van der Waals surface area contributed by atoms with Crippen LogP contribution in [0.25, 0.3) is 0 Å². The highest BCUT2D eigenvalue weighted by Gasteiger charge is 2.29. The Hall–Kier alpha value is -1.37. The van der Waals surface area contributed by atoms with Gasteiger partial charge in [-0.15, -0.1) is 0 Å². The molecule has 0 aromatic carbocycles. The van der Waals surface area contributed by atoms with Gasteiger partial charge in [0.25, 0.3) is 11.6 Å². The van der Waals surface area contributed by atoms with Gasteiger partial charge in [0.15, 0.2) is 0 Å². The molecule has 1 aliphatic rings. The van der Waals surface area contributed by atoms with Gasteiger partial charge in [-0.1, -0.05) is 15.9 Å². The topological polar surface area (TPSA) is 68.4 Å². The van der Waals surface area contributed by atoms with Crippen molar-refractivity contribution in [3.05, 3.63) is 28.1 Å². The summed E-state index contributed by atoms with van der Waals surface area (Å²) >= 11 is 3.52. The zero-order valence-corrected chi connectivity index (χ0v) is 12.5. The third kappa shape index (κ3) is 2.97. The molecule has 2 rings (SSSR count). The van der Waals surface area contributed by atoms with Gasteiger partial charge in [-0.3, -0.25) is 14.9 Å². The van der Waals surface area contributed by atoms with E-state index in [9.17, 15) is 14.9 Å². The first-order valence-corrected chi connectivity index (χ1v) is 7.00. The number of hydrogen-bond donors (Lipinski definition) is 0. The fourth-order valence-electron chi connectivity index (χ4n) is 2.33. The smallest absolute Gasteiger partial charge is 0.287 e. The minimum atomic E-state index is -0.488. The molecule has 6 nitrogen and oxygen atoms in total. The third-order valence-electron chi connectivity index (χ3n) is 3.48. The van der Waals surface area contributed by atoms with E-state index in [1.807, 2.05) is 0 Å². The molecule has 7 heteroatoms. The lowest BCUT2D eigenvalue weighted by Gasteiger charge is -2.34. The lowest BCUT2D eigenvalue weighted by molar-refractivity contribution is -0.384. The Morgan fingerprint density at radius 2 is 2.26 bits per heavy atom. The van der Waals surface area contributed by atoms with Gasteiger partial charge in [0.05, 0.1) is 11.1 Å². The van der Waals surface area contributed by atoms with Crippen LogP contribution >= 0.6 is 15.9 Å². The van der Waals surface area contributed by atoms with Crippen molar-refractivity contribution in [2.75, 3.05) is 13.6 Å². The molecular formula is C12H16BrN3O3. The van der Waals surface area contributed by atoms with E-state index in [0.29, 0.717) is 23.0 Å². The fraction of sp³-hybridized carbons (Fsp3) is 0.583. The number of aromatic nitrogens is 1. The lowest BCUT2D eigenvalue weighted by atomic mass is 9.85. The Balaban J connectivity index is 2.04. The molecule has 1 amide bonds. The zero-order chi connectivity index (χ0) is 14.2. The molecule has 0 unspecified atom stereocenters. The van der Waals surface area contributed by atoms with Crippen LogP contribution in [0.5, 0.6) is 0 Å². The van der Waals surface area contributed by atoms with Crippen LogP contribution < -0.4 is 0 Å². The summed E-state index contributed by atoms with van der Waals surface area (Å²) in [5.41, 5.74) is 0.298. The Labute approximate surface area is 119 Å². The van der Waals surface area contributed by atoms with Gasteiger partial charge in [-0.2, -0.15) is 0 Å². The van der Waals surface area contributed by atoms with Crippen molar-refractivity contribution in [1.29, 1.82) is 0 Å². The van der Waals surface area contributed by atoms with E-state index in [2.05, 4.69) is 15.9 Å². The molecule has 19 heavy (non-hydrogen) atoms. The average Bonchev–Trinajstić information content (AvgIpc) is 2.68. The van der Waals surface area contributed by atoms with Crippen molar-refractivity contribution in [3.8, 4) is 0 Å². The standard InChI is InChI=1S/C12H16BrN3O3/c1-14-7-10(16(18)19)5-11(14)12(17)15(2)6-8-3-9(13)4-8/h5,7-9H,3-4,6H2,1-2H3. The summed E-state index contributed by atoms with van der Waals surface area (Å²) in [5.74, 6) is 0.349. The van der Waals surface area contributed by atoms with E-state index in [4.69, 9.17) is 0 Å². The summed E-state index contributed by atoms with van der Waals surface area (Å²) in [6.07, 6.45) is 3.51. The van der Waals surface area contributed by atoms with Gasteiger partial charge < -0.3 is 9.47 Å². The van der Waals surface area contributed by atoms with Crippen molar-refractivity contribution < 1.29 is 9.72 Å². The van der Waals surface area contributed by atoms with E-state index in [0.717, 1.165) is 12.8 Å². The molecule has 0 saturated heterocycles. The summed E-state index contributed by atoms with van der Waals surface area (Å²) in [7, 11) is 3.38. The van der Waals surface area contributed by atoms with Crippen LogP contribution in [-0.4, -0.2) is 38.7 Å². The molecule has 104 valence electrons. The van der Waals surface area contributed by atoms with E-state index >= 15 is 0 Å². The van der Waals surface area contributed by atoms with Crippen LogP contribution in [0, 0.1) is 16.0 Å². The summed E-state index contributed by atoms with van der Waals surface area (Å²) in [4.78, 5) is 24.6. The number of alkyl halides is 1. The third-order valence-corrected chi connectivity index (χ3v) is 4.23. The maximum atomic E-state index is 12.2. The summed E-state index contributed by atoms with van der Waals surface area (Å²) in [5, 5.41) is 10.7. The van der Waals surface area contributed by atoms with Gasteiger partial charge in [-0.25, -0.2) is 0 Å². The highest BCUT2D eigenvalue weighted by molar-refractivity contribution is 9.09. The largest absolute Gasteiger partial charge is 0.340 e. The van der Waals surface area contributed by atoms with Crippen molar-refractivity contribution in [3.63, 3.8) is 0 Å². The minimum absolute atomic E-state index is 0.0524. The Morgan fingerprint density at radius 3 is 2.74 bits per heavy atom. The van der Waals surface area contributed by atoms with E-state index in [1.54, 1.807) is 19.0 Å². The van der Waals surface area contributed by atoms with Crippen LogP contribution in [-0.2, 0) is 7.05 Å². The highest BCUT2D eigenvalue weighted by Crippen LogP contribution is 2.33. The summed E-state index contributed by atoms with van der Waals surface area (Å²) in [6.45, 7) is 0.694. The first-order chi connectivity index (χ1) is 8.88. The quantitative estimate of drug-likeness (QED) is 0.483. The van der Waals surface area contributed by atoms with Gasteiger partial charge in [0, 0.05) is 31.5 Å². The van der Waals surface area contributed by atoms with Gasteiger partial charge >= 0.3 is 0 Å². The molecule has 0 bridgehead atoms. The number of nitrogens with zero attached hydrogens (tertiary/aromatic N) is 3. The number of nitro groups is 1. The van der Waals surface area contributed by atoms with Gasteiger partial charge in [0.2, 0.25) is 0 Å². The summed E-state index contributed by atoms with van der Waals surface area (Å²) in [6, 6.07) is 1.33. The molecule has 0 atom stereocenters. The van der Waals surface area contributed by atoms with Crippen LogP contribution in [0.1, 0.15) is 23.3 Å².